The van der Waals surface area contributed by atoms with Crippen LogP contribution in [-0.4, -0.2) is 80.3 Å². The van der Waals surface area contributed by atoms with Crippen LogP contribution in [0.25, 0.3) is 0 Å². The van der Waals surface area contributed by atoms with E-state index in [-0.39, 0.29) is 5.54 Å². The third-order valence-electron chi connectivity index (χ3n) is 8.47. The molecule has 190 valence electrons. The molecule has 0 unspecified atom stereocenters. The lowest BCUT2D eigenvalue weighted by Crippen LogP contribution is -2.56. The third-order valence-corrected chi connectivity index (χ3v) is 8.47. The van der Waals surface area contributed by atoms with Crippen LogP contribution in [0.2, 0.25) is 0 Å². The monoisotopic (exact) mass is 490 g/mol. The molecule has 0 N–H and O–H groups in total. The van der Waals surface area contributed by atoms with Crippen molar-refractivity contribution in [2.24, 2.45) is 0 Å². The first-order valence-corrected chi connectivity index (χ1v) is 13.4. The predicted octanol–water partition coefficient (Wildman–Crippen LogP) is 3.31. The number of hydrogen-bond donors (Lipinski definition) is 0. The Morgan fingerprint density at radius 1 is 0.861 bits per heavy atom. The minimum atomic E-state index is -0.431. The maximum Gasteiger partial charge on any atom is 0.214 e. The number of tetrazole rings is 1. The Labute approximate surface area is 212 Å². The molecule has 0 amide bonds. The average molecular weight is 491 g/mol. The van der Waals surface area contributed by atoms with Gasteiger partial charge in [-0.25, -0.2) is 9.67 Å². The molecule has 6 rings (SSSR count). The van der Waals surface area contributed by atoms with Gasteiger partial charge < -0.3 is 4.90 Å². The first-order valence-electron chi connectivity index (χ1n) is 13.4. The second-order valence-corrected chi connectivity index (χ2v) is 10.4. The first kappa shape index (κ1) is 23.5. The van der Waals surface area contributed by atoms with Gasteiger partial charge in [-0.3, -0.25) is 9.80 Å². The fourth-order valence-corrected chi connectivity index (χ4v) is 6.24. The Hall–Kier alpha value is -2.91. The summed E-state index contributed by atoms with van der Waals surface area (Å²) in [7, 11) is 0. The minimum absolute atomic E-state index is 0.252. The number of pyridine rings is 1. The van der Waals surface area contributed by atoms with Gasteiger partial charge in [0.25, 0.3) is 0 Å². The van der Waals surface area contributed by atoms with Gasteiger partial charge >= 0.3 is 0 Å². The molecule has 0 radical (unpaired) electrons. The van der Waals surface area contributed by atoms with Crippen molar-refractivity contribution in [2.75, 3.05) is 44.2 Å². The summed E-state index contributed by atoms with van der Waals surface area (Å²) < 4.78 is 15.8. The van der Waals surface area contributed by atoms with Crippen molar-refractivity contribution < 1.29 is 4.39 Å². The lowest BCUT2D eigenvalue weighted by Gasteiger charge is -2.48. The Morgan fingerprint density at radius 2 is 1.69 bits per heavy atom. The van der Waals surface area contributed by atoms with Crippen LogP contribution in [0.3, 0.4) is 0 Å². The summed E-state index contributed by atoms with van der Waals surface area (Å²) >= 11 is 0. The number of benzene rings is 1. The molecule has 3 aromatic rings. The van der Waals surface area contributed by atoms with Crippen LogP contribution in [0.4, 0.5) is 10.2 Å². The van der Waals surface area contributed by atoms with Crippen LogP contribution in [0.15, 0.2) is 48.5 Å². The van der Waals surface area contributed by atoms with Gasteiger partial charge in [0.15, 0.2) is 5.82 Å². The zero-order chi connectivity index (χ0) is 24.4. The number of halogens is 1. The highest BCUT2D eigenvalue weighted by molar-refractivity contribution is 5.39. The van der Waals surface area contributed by atoms with Crippen LogP contribution in [0, 0.1) is 5.95 Å². The van der Waals surface area contributed by atoms with E-state index in [1.807, 2.05) is 16.8 Å². The van der Waals surface area contributed by atoms with Crippen molar-refractivity contribution in [3.05, 3.63) is 65.9 Å². The molecule has 1 saturated carbocycles. The molecule has 0 bridgehead atoms. The zero-order valence-electron chi connectivity index (χ0n) is 20.8. The largest absolute Gasteiger partial charge is 0.356 e. The van der Waals surface area contributed by atoms with Crippen LogP contribution in [0.1, 0.15) is 49.9 Å². The molecular weight excluding hydrogens is 455 g/mol. The molecule has 0 spiro atoms. The number of piperidine rings is 1. The molecule has 0 atom stereocenters. The Bertz CT molecular complexity index is 1140. The predicted molar refractivity (Wildman–Crippen MR) is 136 cm³/mol. The first-order chi connectivity index (χ1) is 17.7. The highest BCUT2D eigenvalue weighted by Crippen LogP contribution is 2.40. The fourth-order valence-electron chi connectivity index (χ4n) is 6.24. The molecule has 36 heavy (non-hydrogen) atoms. The molecule has 8 nitrogen and oxygen atoms in total. The molecular formula is C27H35FN8. The van der Waals surface area contributed by atoms with E-state index in [9.17, 15) is 4.39 Å². The summed E-state index contributed by atoms with van der Waals surface area (Å²) in [6.45, 7) is 6.57. The minimum Gasteiger partial charge on any atom is -0.356 e. The van der Waals surface area contributed by atoms with Gasteiger partial charge in [-0.1, -0.05) is 42.8 Å². The van der Waals surface area contributed by atoms with Crippen LogP contribution in [0.5, 0.6) is 0 Å². The summed E-state index contributed by atoms with van der Waals surface area (Å²) in [4.78, 5) is 11.7. The Morgan fingerprint density at radius 3 is 2.44 bits per heavy atom. The van der Waals surface area contributed by atoms with Gasteiger partial charge in [-0.05, 0) is 66.8 Å². The van der Waals surface area contributed by atoms with E-state index >= 15 is 0 Å². The lowest BCUT2D eigenvalue weighted by atomic mass is 9.84. The van der Waals surface area contributed by atoms with Gasteiger partial charge in [0.05, 0.1) is 12.1 Å². The highest BCUT2D eigenvalue weighted by atomic mass is 19.1. The summed E-state index contributed by atoms with van der Waals surface area (Å²) in [6, 6.07) is 16.2. The average Bonchev–Trinajstić information content (AvgIpc) is 3.20. The van der Waals surface area contributed by atoms with E-state index in [1.54, 1.807) is 6.07 Å². The maximum absolute atomic E-state index is 13.8. The van der Waals surface area contributed by atoms with Gasteiger partial charge in [0.1, 0.15) is 5.82 Å². The van der Waals surface area contributed by atoms with Crippen molar-refractivity contribution >= 4 is 5.82 Å². The summed E-state index contributed by atoms with van der Waals surface area (Å²) in [5.41, 5.74) is 0.937. The maximum atomic E-state index is 13.8. The summed E-state index contributed by atoms with van der Waals surface area (Å²) in [6.07, 6.45) is 6.97. The van der Waals surface area contributed by atoms with E-state index in [0.29, 0.717) is 12.4 Å². The smallest absolute Gasteiger partial charge is 0.214 e. The van der Waals surface area contributed by atoms with Crippen molar-refractivity contribution in [1.29, 1.82) is 0 Å². The standard InChI is InChI=1S/C27H35FN8/c28-24-11-5-12-25(29-24)34-17-13-27(14-18-34,35-16-6-15-33(19-20-35)23-9-4-10-23)26-30-31-32-36(26)21-22-7-2-1-3-8-22/h1-3,5,7-8,11-12,23H,4,6,9-10,13-21H2. The normalized spacial score (nSPS) is 21.8. The molecule has 2 aliphatic heterocycles. The summed E-state index contributed by atoms with van der Waals surface area (Å²) in [5.74, 6) is 1.23. The van der Waals surface area contributed by atoms with Crippen LogP contribution < -0.4 is 4.90 Å². The van der Waals surface area contributed by atoms with Gasteiger partial charge in [0.2, 0.25) is 5.95 Å². The number of nitrogens with zero attached hydrogens (tertiary/aromatic N) is 8. The van der Waals surface area contributed by atoms with Crippen molar-refractivity contribution in [1.82, 2.24) is 35.0 Å². The third kappa shape index (κ3) is 4.62. The van der Waals surface area contributed by atoms with E-state index in [0.717, 1.165) is 63.9 Å². The number of rotatable bonds is 6. The van der Waals surface area contributed by atoms with E-state index < -0.39 is 5.95 Å². The van der Waals surface area contributed by atoms with Gasteiger partial charge in [-0.2, -0.15) is 4.39 Å². The number of anilines is 1. The van der Waals surface area contributed by atoms with E-state index in [2.05, 4.69) is 59.5 Å². The zero-order valence-corrected chi connectivity index (χ0v) is 20.8. The van der Waals surface area contributed by atoms with Crippen molar-refractivity contribution in [3.8, 4) is 0 Å². The SMILES string of the molecule is Fc1cccc(N2CCC(c3nnnn3Cc3ccccc3)(N3CCCN(C4CCC4)CC3)CC2)n1. The van der Waals surface area contributed by atoms with E-state index in [4.69, 9.17) is 0 Å². The van der Waals surface area contributed by atoms with Crippen molar-refractivity contribution in [2.45, 2.75) is 56.7 Å². The summed E-state index contributed by atoms with van der Waals surface area (Å²) in [5, 5.41) is 13.3. The van der Waals surface area contributed by atoms with Gasteiger partial charge in [0, 0.05) is 38.8 Å². The van der Waals surface area contributed by atoms with E-state index in [1.165, 1.54) is 37.4 Å². The second-order valence-electron chi connectivity index (χ2n) is 10.4. The topological polar surface area (TPSA) is 66.2 Å². The van der Waals surface area contributed by atoms with Crippen molar-refractivity contribution in [3.63, 3.8) is 0 Å². The molecule has 1 aliphatic carbocycles. The molecule has 3 aliphatic rings. The number of hydrogen-bond acceptors (Lipinski definition) is 7. The molecule has 3 fully saturated rings. The van der Waals surface area contributed by atoms with Gasteiger partial charge in [-0.15, -0.1) is 5.10 Å². The fraction of sp³-hybridized carbons (Fsp3) is 0.556. The molecule has 2 saturated heterocycles. The highest BCUT2D eigenvalue weighted by Gasteiger charge is 2.46. The quantitative estimate of drug-likeness (QED) is 0.491. The molecule has 4 heterocycles. The molecule has 1 aromatic carbocycles. The lowest BCUT2D eigenvalue weighted by molar-refractivity contribution is 0.0460. The van der Waals surface area contributed by atoms with Crippen LogP contribution in [-0.2, 0) is 12.1 Å². The number of aromatic nitrogens is 5. The molecule has 2 aromatic heterocycles. The Kier molecular flexibility index (Phi) is 6.67. The second kappa shape index (κ2) is 10.2. The Balaban J connectivity index is 1.29. The molecule has 9 heteroatoms. The van der Waals surface area contributed by atoms with Crippen LogP contribution >= 0.6 is 0 Å².